The highest BCUT2D eigenvalue weighted by molar-refractivity contribution is 7.89. The third kappa shape index (κ3) is 3.99. The molecule has 0 aliphatic carbocycles. The predicted molar refractivity (Wildman–Crippen MR) is 83.8 cm³/mol. The van der Waals surface area contributed by atoms with E-state index in [0.29, 0.717) is 6.42 Å². The Morgan fingerprint density at radius 1 is 1.26 bits per heavy atom. The molecule has 1 aromatic carbocycles. The first-order valence-electron chi connectivity index (χ1n) is 6.88. The van der Waals surface area contributed by atoms with Gasteiger partial charge in [-0.05, 0) is 24.0 Å². The highest BCUT2D eigenvalue weighted by Crippen LogP contribution is 2.37. The van der Waals surface area contributed by atoms with Crippen molar-refractivity contribution < 1.29 is 21.6 Å². The third-order valence-electron chi connectivity index (χ3n) is 4.09. The number of benzene rings is 1. The molecule has 1 unspecified atom stereocenters. The summed E-state index contributed by atoms with van der Waals surface area (Å²) in [6.45, 7) is 3.85. The zero-order valence-electron chi connectivity index (χ0n) is 12.8. The van der Waals surface area contributed by atoms with E-state index in [1.165, 1.54) is 12.1 Å². The number of hydrogen-bond acceptors (Lipinski definition) is 3. The molecule has 1 aliphatic rings. The summed E-state index contributed by atoms with van der Waals surface area (Å²) in [4.78, 5) is -0.700. The highest BCUT2D eigenvalue weighted by atomic mass is 35.5. The quantitative estimate of drug-likeness (QED) is 0.868. The SMILES string of the molecule is CC1(C)CN(S(=O)(=O)c2ccccc2C(F)(F)F)CCC1N.Cl. The van der Waals surface area contributed by atoms with Gasteiger partial charge in [-0.25, -0.2) is 8.42 Å². The van der Waals surface area contributed by atoms with Crippen LogP contribution < -0.4 is 5.73 Å². The molecule has 132 valence electrons. The van der Waals surface area contributed by atoms with Gasteiger partial charge in [-0.3, -0.25) is 0 Å². The first kappa shape index (κ1) is 20.2. The summed E-state index contributed by atoms with van der Waals surface area (Å²) in [6.07, 6.45) is -4.30. The fourth-order valence-electron chi connectivity index (χ4n) is 2.59. The normalized spacial score (nSPS) is 22.4. The molecule has 0 saturated carbocycles. The maximum atomic E-state index is 13.1. The van der Waals surface area contributed by atoms with E-state index in [4.69, 9.17) is 5.73 Å². The number of piperidine rings is 1. The average molecular weight is 373 g/mol. The molecule has 0 aromatic heterocycles. The molecule has 0 radical (unpaired) electrons. The summed E-state index contributed by atoms with van der Waals surface area (Å²) >= 11 is 0. The topological polar surface area (TPSA) is 63.4 Å². The molecule has 1 atom stereocenters. The van der Waals surface area contributed by atoms with Crippen LogP contribution in [0.15, 0.2) is 29.2 Å². The van der Waals surface area contributed by atoms with Gasteiger partial charge in [0.2, 0.25) is 10.0 Å². The lowest BCUT2D eigenvalue weighted by molar-refractivity contribution is -0.139. The molecule has 23 heavy (non-hydrogen) atoms. The molecule has 0 amide bonds. The zero-order valence-corrected chi connectivity index (χ0v) is 14.4. The number of nitrogens with two attached hydrogens (primary N) is 1. The minimum absolute atomic E-state index is 0. The lowest BCUT2D eigenvalue weighted by Crippen LogP contribution is -2.54. The molecule has 1 saturated heterocycles. The lowest BCUT2D eigenvalue weighted by Gasteiger charge is -2.41. The predicted octanol–water partition coefficient (Wildman–Crippen LogP) is 2.88. The lowest BCUT2D eigenvalue weighted by atomic mass is 9.81. The van der Waals surface area contributed by atoms with Crippen LogP contribution in [0.3, 0.4) is 0 Å². The van der Waals surface area contributed by atoms with Gasteiger partial charge < -0.3 is 5.73 Å². The first-order chi connectivity index (χ1) is 9.96. The zero-order chi connectivity index (χ0) is 16.8. The number of rotatable bonds is 2. The Morgan fingerprint density at radius 2 is 1.83 bits per heavy atom. The van der Waals surface area contributed by atoms with Crippen molar-refractivity contribution in [2.24, 2.45) is 11.1 Å². The summed E-state index contributed by atoms with van der Waals surface area (Å²) in [5.41, 5.74) is 4.33. The summed E-state index contributed by atoms with van der Waals surface area (Å²) < 4.78 is 65.5. The minimum Gasteiger partial charge on any atom is -0.327 e. The van der Waals surface area contributed by atoms with Crippen molar-refractivity contribution in [3.63, 3.8) is 0 Å². The van der Waals surface area contributed by atoms with Crippen molar-refractivity contribution in [2.45, 2.75) is 37.4 Å². The average Bonchev–Trinajstić information content (AvgIpc) is 2.40. The number of halogens is 4. The van der Waals surface area contributed by atoms with Crippen molar-refractivity contribution in [2.75, 3.05) is 13.1 Å². The van der Waals surface area contributed by atoms with Crippen molar-refractivity contribution in [1.29, 1.82) is 0 Å². The Morgan fingerprint density at radius 3 is 2.35 bits per heavy atom. The van der Waals surface area contributed by atoms with Crippen LogP contribution in [0.25, 0.3) is 0 Å². The Bertz CT molecular complexity index is 662. The van der Waals surface area contributed by atoms with Gasteiger partial charge in [0.15, 0.2) is 0 Å². The summed E-state index contributed by atoms with van der Waals surface area (Å²) in [7, 11) is -4.21. The van der Waals surface area contributed by atoms with E-state index in [9.17, 15) is 21.6 Å². The Balaban J connectivity index is 0.00000264. The summed E-state index contributed by atoms with van der Waals surface area (Å²) in [5.74, 6) is 0. The van der Waals surface area contributed by atoms with Crippen molar-refractivity contribution >= 4 is 22.4 Å². The molecule has 0 bridgehead atoms. The number of hydrogen-bond donors (Lipinski definition) is 1. The second kappa shape index (κ2) is 6.58. The Hall–Kier alpha value is -0.830. The molecule has 0 spiro atoms. The second-order valence-corrected chi connectivity index (χ2v) is 8.12. The standard InChI is InChI=1S/C14H19F3N2O2S.ClH/c1-13(2)9-19(8-7-12(13)18)22(20,21)11-6-4-3-5-10(11)14(15,16)17;/h3-6,12H,7-9,18H2,1-2H3;1H. The van der Waals surface area contributed by atoms with Crippen molar-refractivity contribution in [3.8, 4) is 0 Å². The van der Waals surface area contributed by atoms with Crippen molar-refractivity contribution in [3.05, 3.63) is 29.8 Å². The van der Waals surface area contributed by atoms with Crippen LogP contribution in [-0.4, -0.2) is 31.9 Å². The van der Waals surface area contributed by atoms with Gasteiger partial charge in [-0.1, -0.05) is 26.0 Å². The van der Waals surface area contributed by atoms with Crippen LogP contribution >= 0.6 is 12.4 Å². The molecule has 9 heteroatoms. The Labute approximate surface area is 140 Å². The fourth-order valence-corrected chi connectivity index (χ4v) is 4.43. The highest BCUT2D eigenvalue weighted by Gasteiger charge is 2.42. The molecule has 2 rings (SSSR count). The van der Waals surface area contributed by atoms with Crippen LogP contribution in [0.2, 0.25) is 0 Å². The molecule has 4 nitrogen and oxygen atoms in total. The number of alkyl halides is 3. The van der Waals surface area contributed by atoms with E-state index in [1.54, 1.807) is 0 Å². The van der Waals surface area contributed by atoms with Gasteiger partial charge in [-0.15, -0.1) is 12.4 Å². The van der Waals surface area contributed by atoms with E-state index >= 15 is 0 Å². The van der Waals surface area contributed by atoms with Crippen LogP contribution in [0.1, 0.15) is 25.8 Å². The van der Waals surface area contributed by atoms with Gasteiger partial charge in [-0.2, -0.15) is 17.5 Å². The Kier molecular flexibility index (Phi) is 5.79. The van der Waals surface area contributed by atoms with E-state index in [1.807, 2.05) is 13.8 Å². The van der Waals surface area contributed by atoms with Gasteiger partial charge in [0.1, 0.15) is 0 Å². The van der Waals surface area contributed by atoms with Gasteiger partial charge in [0.25, 0.3) is 0 Å². The van der Waals surface area contributed by atoms with Crippen LogP contribution in [0.5, 0.6) is 0 Å². The molecule has 1 aliphatic heterocycles. The molecular weight excluding hydrogens is 353 g/mol. The van der Waals surface area contributed by atoms with Gasteiger partial charge >= 0.3 is 6.18 Å². The van der Waals surface area contributed by atoms with Crippen LogP contribution in [0, 0.1) is 5.41 Å². The molecule has 1 heterocycles. The fraction of sp³-hybridized carbons (Fsp3) is 0.571. The first-order valence-corrected chi connectivity index (χ1v) is 8.32. The second-order valence-electron chi connectivity index (χ2n) is 6.22. The number of nitrogens with zero attached hydrogens (tertiary/aromatic N) is 1. The third-order valence-corrected chi connectivity index (χ3v) is 5.99. The molecule has 1 fully saturated rings. The van der Waals surface area contributed by atoms with Crippen LogP contribution in [-0.2, 0) is 16.2 Å². The summed E-state index contributed by atoms with van der Waals surface area (Å²) in [6, 6.07) is 4.07. The largest absolute Gasteiger partial charge is 0.417 e. The van der Waals surface area contributed by atoms with Gasteiger partial charge in [0.05, 0.1) is 10.5 Å². The molecular formula is C14H20ClF3N2O2S. The van der Waals surface area contributed by atoms with E-state index < -0.39 is 32.1 Å². The smallest absolute Gasteiger partial charge is 0.327 e. The molecule has 1 aromatic rings. The maximum Gasteiger partial charge on any atom is 0.417 e. The van der Waals surface area contributed by atoms with E-state index in [0.717, 1.165) is 16.4 Å². The van der Waals surface area contributed by atoms with Crippen LogP contribution in [0.4, 0.5) is 13.2 Å². The van der Waals surface area contributed by atoms with Gasteiger partial charge in [0, 0.05) is 19.1 Å². The molecule has 2 N–H and O–H groups in total. The maximum absolute atomic E-state index is 13.1. The van der Waals surface area contributed by atoms with E-state index in [-0.39, 0.29) is 31.5 Å². The minimum atomic E-state index is -4.72. The monoisotopic (exact) mass is 372 g/mol. The van der Waals surface area contributed by atoms with E-state index in [2.05, 4.69) is 0 Å². The summed E-state index contributed by atoms with van der Waals surface area (Å²) in [5, 5.41) is 0. The van der Waals surface area contributed by atoms with Crippen molar-refractivity contribution in [1.82, 2.24) is 4.31 Å². The number of sulfonamides is 1.